The van der Waals surface area contributed by atoms with Gasteiger partial charge in [0.05, 0.1) is 12.7 Å². The number of benzene rings is 1. The number of likely N-dealkylation sites (tertiary alicyclic amines) is 1. The maximum Gasteiger partial charge on any atom is 0.310 e. The number of esters is 1. The van der Waals surface area contributed by atoms with Crippen LogP contribution >= 0.6 is 0 Å². The molecule has 0 radical (unpaired) electrons. The van der Waals surface area contributed by atoms with Gasteiger partial charge in [0, 0.05) is 29.6 Å². The molecule has 1 aliphatic rings. The van der Waals surface area contributed by atoms with Crippen molar-refractivity contribution < 1.29 is 23.8 Å². The predicted octanol–water partition coefficient (Wildman–Crippen LogP) is 2.63. The van der Waals surface area contributed by atoms with E-state index in [1.165, 1.54) is 18.4 Å². The van der Waals surface area contributed by atoms with E-state index < -0.39 is 5.97 Å². The second-order valence-corrected chi connectivity index (χ2v) is 6.21. The van der Waals surface area contributed by atoms with Crippen molar-refractivity contribution in [1.82, 2.24) is 4.90 Å². The molecule has 3 rings (SSSR count). The number of phenolic OH excluding ortho intramolecular Hbond substituents is 1. The molecule has 0 aliphatic carbocycles. The highest BCUT2D eigenvalue weighted by molar-refractivity contribution is 5.87. The number of rotatable bonds is 4. The Morgan fingerprint density at radius 1 is 1.38 bits per heavy atom. The summed E-state index contributed by atoms with van der Waals surface area (Å²) in [6, 6.07) is 4.92. The fourth-order valence-electron chi connectivity index (χ4n) is 3.11. The standard InChI is InChI=1S/C18H21NO5/c1-12-4-2-3-7-19(12)17(21)11-24-18(22)8-13-10-23-16-9-14(20)5-6-15(13)16/h5-6,9-10,12,20H,2-4,7-8,11H2,1H3/t12-/m0/s1. The first kappa shape index (κ1) is 16.4. The molecule has 1 N–H and O–H groups in total. The fraction of sp³-hybridized carbons (Fsp3) is 0.444. The minimum atomic E-state index is -0.469. The number of nitrogens with zero attached hydrogens (tertiary/aromatic N) is 1. The Bertz CT molecular complexity index is 751. The molecule has 1 atom stereocenters. The van der Waals surface area contributed by atoms with Crippen LogP contribution in [0.15, 0.2) is 28.9 Å². The third-order valence-corrected chi connectivity index (χ3v) is 4.45. The van der Waals surface area contributed by atoms with Crippen molar-refractivity contribution in [2.24, 2.45) is 0 Å². The molecule has 24 heavy (non-hydrogen) atoms. The molecule has 0 unspecified atom stereocenters. The number of hydrogen-bond acceptors (Lipinski definition) is 5. The maximum atomic E-state index is 12.2. The van der Waals surface area contributed by atoms with E-state index in [-0.39, 0.29) is 30.7 Å². The fourth-order valence-corrected chi connectivity index (χ4v) is 3.11. The number of ether oxygens (including phenoxy) is 1. The molecule has 6 heteroatoms. The highest BCUT2D eigenvalue weighted by Crippen LogP contribution is 2.25. The molecule has 0 bridgehead atoms. The number of hydrogen-bond donors (Lipinski definition) is 1. The normalized spacial score (nSPS) is 17.9. The average molecular weight is 331 g/mol. The van der Waals surface area contributed by atoms with E-state index in [1.807, 2.05) is 6.92 Å². The van der Waals surface area contributed by atoms with Gasteiger partial charge in [-0.2, -0.15) is 0 Å². The number of amides is 1. The van der Waals surface area contributed by atoms with Crippen molar-refractivity contribution in [1.29, 1.82) is 0 Å². The molecule has 1 fully saturated rings. The van der Waals surface area contributed by atoms with E-state index in [0.717, 1.165) is 31.2 Å². The number of furan rings is 1. The summed E-state index contributed by atoms with van der Waals surface area (Å²) in [7, 11) is 0. The Hall–Kier alpha value is -2.50. The molecule has 128 valence electrons. The first-order valence-corrected chi connectivity index (χ1v) is 8.19. The lowest BCUT2D eigenvalue weighted by atomic mass is 10.0. The zero-order valence-electron chi connectivity index (χ0n) is 13.7. The summed E-state index contributed by atoms with van der Waals surface area (Å²) in [4.78, 5) is 26.0. The van der Waals surface area contributed by atoms with E-state index in [4.69, 9.17) is 9.15 Å². The first-order valence-electron chi connectivity index (χ1n) is 8.19. The summed E-state index contributed by atoms with van der Waals surface area (Å²) in [5, 5.41) is 10.2. The van der Waals surface area contributed by atoms with E-state index in [2.05, 4.69) is 0 Å². The van der Waals surface area contributed by atoms with Crippen molar-refractivity contribution in [2.75, 3.05) is 13.2 Å². The van der Waals surface area contributed by atoms with Crippen LogP contribution in [-0.2, 0) is 20.7 Å². The van der Waals surface area contributed by atoms with Crippen molar-refractivity contribution in [2.45, 2.75) is 38.6 Å². The smallest absolute Gasteiger partial charge is 0.310 e. The Morgan fingerprint density at radius 2 is 2.21 bits per heavy atom. The van der Waals surface area contributed by atoms with Crippen LogP contribution in [0.1, 0.15) is 31.7 Å². The minimum Gasteiger partial charge on any atom is -0.508 e. The lowest BCUT2D eigenvalue weighted by Gasteiger charge is -2.33. The van der Waals surface area contributed by atoms with Gasteiger partial charge in [-0.25, -0.2) is 0 Å². The summed E-state index contributed by atoms with van der Waals surface area (Å²) in [6.45, 7) is 2.53. The molecule has 2 aromatic rings. The van der Waals surface area contributed by atoms with Crippen LogP contribution in [0.25, 0.3) is 11.0 Å². The molecular formula is C18H21NO5. The van der Waals surface area contributed by atoms with Crippen molar-refractivity contribution >= 4 is 22.8 Å². The second kappa shape index (κ2) is 6.95. The Balaban J connectivity index is 1.56. The summed E-state index contributed by atoms with van der Waals surface area (Å²) >= 11 is 0. The highest BCUT2D eigenvalue weighted by atomic mass is 16.5. The molecule has 0 spiro atoms. The molecule has 0 saturated carbocycles. The number of phenols is 1. The van der Waals surface area contributed by atoms with Gasteiger partial charge in [0.2, 0.25) is 0 Å². The monoisotopic (exact) mass is 331 g/mol. The summed E-state index contributed by atoms with van der Waals surface area (Å²) in [6.07, 6.45) is 4.62. The average Bonchev–Trinajstić information content (AvgIpc) is 2.95. The molecule has 1 aromatic carbocycles. The van der Waals surface area contributed by atoms with Crippen LogP contribution in [0.4, 0.5) is 0 Å². The van der Waals surface area contributed by atoms with Gasteiger partial charge < -0.3 is 19.2 Å². The van der Waals surface area contributed by atoms with Gasteiger partial charge >= 0.3 is 5.97 Å². The van der Waals surface area contributed by atoms with Crippen LogP contribution in [-0.4, -0.2) is 41.1 Å². The highest BCUT2D eigenvalue weighted by Gasteiger charge is 2.24. The largest absolute Gasteiger partial charge is 0.508 e. The molecule has 1 amide bonds. The van der Waals surface area contributed by atoms with Crippen LogP contribution in [0.3, 0.4) is 0 Å². The Labute approximate surface area is 140 Å². The van der Waals surface area contributed by atoms with E-state index in [9.17, 15) is 14.7 Å². The van der Waals surface area contributed by atoms with Crippen molar-refractivity contribution in [3.8, 4) is 5.75 Å². The quantitative estimate of drug-likeness (QED) is 0.871. The van der Waals surface area contributed by atoms with Crippen molar-refractivity contribution in [3.05, 3.63) is 30.0 Å². The number of aromatic hydroxyl groups is 1. The van der Waals surface area contributed by atoms with Gasteiger partial charge in [-0.05, 0) is 38.3 Å². The lowest BCUT2D eigenvalue weighted by Crippen LogP contribution is -2.44. The second-order valence-electron chi connectivity index (χ2n) is 6.21. The van der Waals surface area contributed by atoms with Crippen LogP contribution in [0.2, 0.25) is 0 Å². The third-order valence-electron chi connectivity index (χ3n) is 4.45. The van der Waals surface area contributed by atoms with E-state index in [1.54, 1.807) is 11.0 Å². The number of piperidine rings is 1. The minimum absolute atomic E-state index is 0.0284. The molecule has 1 aromatic heterocycles. The van der Waals surface area contributed by atoms with E-state index >= 15 is 0 Å². The van der Waals surface area contributed by atoms with Crippen molar-refractivity contribution in [3.63, 3.8) is 0 Å². The lowest BCUT2D eigenvalue weighted by molar-refractivity contribution is -0.152. The summed E-state index contributed by atoms with van der Waals surface area (Å²) in [5.41, 5.74) is 1.19. The maximum absolute atomic E-state index is 12.2. The topological polar surface area (TPSA) is 80.0 Å². The van der Waals surface area contributed by atoms with Gasteiger partial charge in [0.25, 0.3) is 5.91 Å². The van der Waals surface area contributed by atoms with Gasteiger partial charge in [-0.3, -0.25) is 9.59 Å². The molecule has 2 heterocycles. The van der Waals surface area contributed by atoms with Gasteiger partial charge in [0.15, 0.2) is 6.61 Å². The number of carbonyl (C=O) groups excluding carboxylic acids is 2. The zero-order chi connectivity index (χ0) is 17.1. The summed E-state index contributed by atoms with van der Waals surface area (Å²) < 4.78 is 10.5. The summed E-state index contributed by atoms with van der Waals surface area (Å²) in [5.74, 6) is -0.506. The SMILES string of the molecule is C[C@H]1CCCCN1C(=O)COC(=O)Cc1coc2cc(O)ccc12. The van der Waals surface area contributed by atoms with Gasteiger partial charge in [0.1, 0.15) is 11.3 Å². The molecule has 6 nitrogen and oxygen atoms in total. The van der Waals surface area contributed by atoms with Gasteiger partial charge in [-0.1, -0.05) is 0 Å². The van der Waals surface area contributed by atoms with Crippen LogP contribution < -0.4 is 0 Å². The first-order chi connectivity index (χ1) is 11.5. The molecule has 1 aliphatic heterocycles. The molecular weight excluding hydrogens is 310 g/mol. The molecule has 1 saturated heterocycles. The predicted molar refractivity (Wildman–Crippen MR) is 87.6 cm³/mol. The van der Waals surface area contributed by atoms with Crippen LogP contribution in [0.5, 0.6) is 5.75 Å². The van der Waals surface area contributed by atoms with Crippen LogP contribution in [0, 0.1) is 0 Å². The zero-order valence-corrected chi connectivity index (χ0v) is 13.7. The number of carbonyl (C=O) groups is 2. The Morgan fingerprint density at radius 3 is 3.00 bits per heavy atom. The van der Waals surface area contributed by atoms with Gasteiger partial charge in [-0.15, -0.1) is 0 Å². The Kier molecular flexibility index (Phi) is 4.74. The third kappa shape index (κ3) is 3.53. The number of fused-ring (bicyclic) bond motifs is 1. The van der Waals surface area contributed by atoms with E-state index in [0.29, 0.717) is 11.1 Å².